The molecule has 0 spiro atoms. The van der Waals surface area contributed by atoms with Gasteiger partial charge in [-0.3, -0.25) is 4.79 Å². The van der Waals surface area contributed by atoms with Crippen LogP contribution in [0.4, 0.5) is 14.5 Å². The van der Waals surface area contributed by atoms with Crippen molar-refractivity contribution in [1.29, 1.82) is 0 Å². The van der Waals surface area contributed by atoms with E-state index in [0.29, 0.717) is 6.54 Å². The van der Waals surface area contributed by atoms with Gasteiger partial charge >= 0.3 is 5.97 Å². The number of hydrogen-bond donors (Lipinski definition) is 0. The van der Waals surface area contributed by atoms with Crippen molar-refractivity contribution < 1.29 is 27.8 Å². The lowest BCUT2D eigenvalue weighted by Gasteiger charge is -2.34. The smallest absolute Gasteiger partial charge is 0.310 e. The van der Waals surface area contributed by atoms with E-state index in [1.165, 1.54) is 7.11 Å². The van der Waals surface area contributed by atoms with Crippen LogP contribution in [0.1, 0.15) is 43.2 Å². The fraction of sp³-hybridized carbons (Fsp3) is 0.500. The number of hydrogen-bond acceptors (Lipinski definition) is 5. The van der Waals surface area contributed by atoms with E-state index in [4.69, 9.17) is 14.2 Å². The van der Waals surface area contributed by atoms with E-state index >= 15 is 0 Å². The molecule has 0 fully saturated rings. The first kappa shape index (κ1) is 27.9. The van der Waals surface area contributed by atoms with Crippen LogP contribution in [0, 0.1) is 20.8 Å². The number of benzene rings is 2. The fourth-order valence-corrected chi connectivity index (χ4v) is 5.37. The third kappa shape index (κ3) is 5.65. The van der Waals surface area contributed by atoms with E-state index in [0.717, 1.165) is 68.9 Å². The van der Waals surface area contributed by atoms with Crippen molar-refractivity contribution in [2.75, 3.05) is 38.3 Å². The van der Waals surface area contributed by atoms with Crippen molar-refractivity contribution in [1.82, 2.24) is 4.57 Å². The molecule has 1 aliphatic heterocycles. The molecule has 1 aromatic heterocycles. The number of carbonyl (C=O) groups excluding carboxylic acids is 1. The second-order valence-corrected chi connectivity index (χ2v) is 10.9. The zero-order chi connectivity index (χ0) is 27.8. The molecule has 0 atom stereocenters. The summed E-state index contributed by atoms with van der Waals surface area (Å²) in [6, 6.07) is 8.34. The van der Waals surface area contributed by atoms with Gasteiger partial charge in [-0.25, -0.2) is 8.78 Å². The second kappa shape index (κ2) is 10.9. The van der Waals surface area contributed by atoms with Crippen molar-refractivity contribution in [3.63, 3.8) is 0 Å². The summed E-state index contributed by atoms with van der Waals surface area (Å²) in [5.41, 5.74) is 7.60. The lowest BCUT2D eigenvalue weighted by atomic mass is 9.87. The highest BCUT2D eigenvalue weighted by atomic mass is 19.3. The van der Waals surface area contributed by atoms with E-state index < -0.39 is 18.6 Å². The number of aromatic nitrogens is 1. The van der Waals surface area contributed by atoms with Crippen molar-refractivity contribution in [2.24, 2.45) is 0 Å². The average molecular weight is 529 g/mol. The molecule has 2 heterocycles. The van der Waals surface area contributed by atoms with Crippen LogP contribution >= 0.6 is 0 Å². The van der Waals surface area contributed by atoms with Crippen LogP contribution in [0.2, 0.25) is 0 Å². The van der Waals surface area contributed by atoms with Crippen LogP contribution in [0.3, 0.4) is 0 Å². The molecule has 0 N–H and O–H groups in total. The van der Waals surface area contributed by atoms with Crippen LogP contribution in [-0.2, 0) is 27.2 Å². The number of rotatable bonds is 9. The Morgan fingerprint density at radius 3 is 2.50 bits per heavy atom. The Kier molecular flexibility index (Phi) is 8.02. The molecule has 3 aromatic rings. The third-order valence-corrected chi connectivity index (χ3v) is 6.94. The average Bonchev–Trinajstić information content (AvgIpc) is 3.16. The normalized spacial score (nSPS) is 13.5. The highest BCUT2D eigenvalue weighted by Gasteiger charge is 2.30. The predicted molar refractivity (Wildman–Crippen MR) is 147 cm³/mol. The molecule has 0 saturated carbocycles. The molecule has 38 heavy (non-hydrogen) atoms. The highest BCUT2D eigenvalue weighted by molar-refractivity contribution is 6.08. The number of carbonyl (C=O) groups is 1. The minimum absolute atomic E-state index is 0.101. The number of halogens is 2. The lowest BCUT2D eigenvalue weighted by molar-refractivity contribution is -0.139. The third-order valence-electron chi connectivity index (χ3n) is 6.94. The molecule has 0 unspecified atom stereocenters. The summed E-state index contributed by atoms with van der Waals surface area (Å²) in [7, 11) is 1.40. The maximum absolute atomic E-state index is 12.7. The predicted octanol–water partition coefficient (Wildman–Crippen LogP) is 6.23. The van der Waals surface area contributed by atoms with E-state index in [9.17, 15) is 13.6 Å². The Bertz CT molecular complexity index is 1340. The Hall–Kier alpha value is -3.13. The Balaban J connectivity index is 1.97. The summed E-state index contributed by atoms with van der Waals surface area (Å²) in [6.07, 6.45) is -2.39. The van der Waals surface area contributed by atoms with E-state index in [1.54, 1.807) is 0 Å². The zero-order valence-electron chi connectivity index (χ0n) is 23.4. The van der Waals surface area contributed by atoms with Gasteiger partial charge in [0.25, 0.3) is 6.43 Å². The number of methoxy groups -OCH3 is 1. The summed E-state index contributed by atoms with van der Waals surface area (Å²) >= 11 is 0. The van der Waals surface area contributed by atoms with E-state index in [1.807, 2.05) is 40.7 Å². The van der Waals surface area contributed by atoms with Gasteiger partial charge in [0, 0.05) is 36.3 Å². The minimum Gasteiger partial charge on any atom is -0.487 e. The van der Waals surface area contributed by atoms with Gasteiger partial charge in [-0.05, 0) is 75.9 Å². The van der Waals surface area contributed by atoms with Gasteiger partial charge in [0.1, 0.15) is 18.0 Å². The standard InChI is InChI=1S/C30H38F2N2O4/c1-18-8-9-21(24(14-18)38-30(4,5)6)27-22(16-26(35)36-7)20(3)28-29-23(27)15-19(2)34(29)11-10-33(28)12-13-37-17-25(31)32/h8-9,14-15,25H,10-13,16-17H2,1-7H3. The molecule has 4 rings (SSSR count). The molecule has 0 radical (unpaired) electrons. The zero-order valence-corrected chi connectivity index (χ0v) is 23.4. The van der Waals surface area contributed by atoms with Crippen molar-refractivity contribution in [3.05, 3.63) is 46.6 Å². The fourth-order valence-electron chi connectivity index (χ4n) is 5.37. The van der Waals surface area contributed by atoms with Crippen LogP contribution in [0.25, 0.3) is 22.0 Å². The second-order valence-electron chi connectivity index (χ2n) is 10.9. The van der Waals surface area contributed by atoms with Gasteiger partial charge in [0.2, 0.25) is 0 Å². The van der Waals surface area contributed by atoms with E-state index in [2.05, 4.69) is 34.6 Å². The number of alkyl halides is 2. The molecule has 0 saturated heterocycles. The summed E-state index contributed by atoms with van der Waals surface area (Å²) in [4.78, 5) is 14.9. The maximum atomic E-state index is 12.7. The maximum Gasteiger partial charge on any atom is 0.310 e. The molecule has 1 aliphatic rings. The number of esters is 1. The Labute approximate surface area is 223 Å². The molecular formula is C30H38F2N2O4. The number of aryl methyl sites for hydroxylation is 2. The number of anilines is 1. The summed E-state index contributed by atoms with van der Waals surface area (Å²) in [5.74, 6) is 0.432. The van der Waals surface area contributed by atoms with Crippen LogP contribution in [-0.4, -0.2) is 56.0 Å². The van der Waals surface area contributed by atoms with Crippen molar-refractivity contribution >= 4 is 22.6 Å². The van der Waals surface area contributed by atoms with Gasteiger partial charge < -0.3 is 23.7 Å². The quantitative estimate of drug-likeness (QED) is 0.244. The van der Waals surface area contributed by atoms with E-state index in [-0.39, 0.29) is 19.0 Å². The van der Waals surface area contributed by atoms with Gasteiger partial charge in [-0.2, -0.15) is 0 Å². The molecule has 8 heteroatoms. The Morgan fingerprint density at radius 2 is 1.84 bits per heavy atom. The number of ether oxygens (including phenoxy) is 3. The largest absolute Gasteiger partial charge is 0.487 e. The highest BCUT2D eigenvalue weighted by Crippen LogP contribution is 2.47. The summed E-state index contributed by atoms with van der Waals surface area (Å²) < 4.78 is 44.3. The lowest BCUT2D eigenvalue weighted by Crippen LogP contribution is -2.35. The first-order valence-corrected chi connectivity index (χ1v) is 13.0. The summed E-state index contributed by atoms with van der Waals surface area (Å²) in [5, 5.41) is 1.03. The van der Waals surface area contributed by atoms with Crippen LogP contribution in [0.5, 0.6) is 5.75 Å². The van der Waals surface area contributed by atoms with Gasteiger partial charge in [0.05, 0.1) is 31.3 Å². The molecule has 0 aliphatic carbocycles. The monoisotopic (exact) mass is 528 g/mol. The molecule has 0 amide bonds. The molecule has 206 valence electrons. The molecule has 6 nitrogen and oxygen atoms in total. The molecular weight excluding hydrogens is 490 g/mol. The SMILES string of the molecule is COC(=O)Cc1c(C)c2c3c(cc(C)n3CCN2CCOCC(F)F)c1-c1ccc(C)cc1OC(C)(C)C. The van der Waals surface area contributed by atoms with Crippen LogP contribution in [0.15, 0.2) is 24.3 Å². The summed E-state index contributed by atoms with van der Waals surface area (Å²) in [6.45, 7) is 13.8. The van der Waals surface area contributed by atoms with Gasteiger partial charge in [0.15, 0.2) is 0 Å². The Morgan fingerprint density at radius 1 is 1.11 bits per heavy atom. The molecule has 0 bridgehead atoms. The number of nitrogens with zero attached hydrogens (tertiary/aromatic N) is 2. The first-order valence-electron chi connectivity index (χ1n) is 13.0. The molecule has 2 aromatic carbocycles. The first-order chi connectivity index (χ1) is 17.9. The van der Waals surface area contributed by atoms with Crippen molar-refractivity contribution in [2.45, 2.75) is 66.5 Å². The topological polar surface area (TPSA) is 52.9 Å². The van der Waals surface area contributed by atoms with Gasteiger partial charge in [-0.1, -0.05) is 12.1 Å². The van der Waals surface area contributed by atoms with Crippen LogP contribution < -0.4 is 9.64 Å². The van der Waals surface area contributed by atoms with Crippen molar-refractivity contribution in [3.8, 4) is 16.9 Å². The van der Waals surface area contributed by atoms with Gasteiger partial charge in [-0.15, -0.1) is 0 Å². The minimum atomic E-state index is -2.49.